The highest BCUT2D eigenvalue weighted by Crippen LogP contribution is 2.35. The fourth-order valence-electron chi connectivity index (χ4n) is 4.25. The predicted octanol–water partition coefficient (Wildman–Crippen LogP) is 3.52. The fraction of sp³-hybridized carbons (Fsp3) is 1.00. The third-order valence-corrected chi connectivity index (χ3v) is 5.38. The van der Waals surface area contributed by atoms with Gasteiger partial charge in [0, 0.05) is 30.7 Å². The Morgan fingerprint density at radius 1 is 1.16 bits per heavy atom. The van der Waals surface area contributed by atoms with Crippen molar-refractivity contribution in [2.75, 3.05) is 13.1 Å². The molecule has 2 rings (SSSR count). The smallest absolute Gasteiger partial charge is 0.0253 e. The minimum atomic E-state index is 0.272. The van der Waals surface area contributed by atoms with Crippen LogP contribution in [0.5, 0.6) is 0 Å². The minimum absolute atomic E-state index is 0.272. The number of hydrogen-bond donors (Lipinski definition) is 1. The van der Waals surface area contributed by atoms with E-state index in [0.29, 0.717) is 6.04 Å². The Kier molecular flexibility index (Phi) is 4.62. The average molecular weight is 266 g/mol. The second-order valence-electron chi connectivity index (χ2n) is 8.21. The molecule has 1 saturated heterocycles. The van der Waals surface area contributed by atoms with Crippen LogP contribution in [-0.4, -0.2) is 35.6 Å². The van der Waals surface area contributed by atoms with Crippen molar-refractivity contribution < 1.29 is 0 Å². The van der Waals surface area contributed by atoms with Crippen molar-refractivity contribution in [3.8, 4) is 0 Å². The highest BCUT2D eigenvalue weighted by molar-refractivity contribution is 4.98. The third-order valence-electron chi connectivity index (χ3n) is 5.38. The van der Waals surface area contributed by atoms with E-state index in [1.54, 1.807) is 0 Å². The SMILES string of the molecule is CC1CCC(N2CC(C)(C)NCC2C(C)C)C(C)C1. The first-order valence-electron chi connectivity index (χ1n) is 8.31. The third kappa shape index (κ3) is 3.52. The summed E-state index contributed by atoms with van der Waals surface area (Å²) in [4.78, 5) is 2.86. The zero-order valence-electron chi connectivity index (χ0n) is 13.9. The molecule has 2 heteroatoms. The zero-order chi connectivity index (χ0) is 14.2. The second kappa shape index (κ2) is 5.73. The van der Waals surface area contributed by atoms with E-state index in [-0.39, 0.29) is 5.54 Å². The molecule has 1 aliphatic heterocycles. The van der Waals surface area contributed by atoms with Gasteiger partial charge in [-0.1, -0.05) is 27.7 Å². The Morgan fingerprint density at radius 2 is 1.84 bits per heavy atom. The van der Waals surface area contributed by atoms with Crippen LogP contribution in [0.15, 0.2) is 0 Å². The number of nitrogens with zero attached hydrogens (tertiary/aromatic N) is 1. The van der Waals surface area contributed by atoms with Crippen LogP contribution in [0.3, 0.4) is 0 Å². The molecule has 1 saturated carbocycles. The van der Waals surface area contributed by atoms with Gasteiger partial charge in [-0.05, 0) is 50.9 Å². The van der Waals surface area contributed by atoms with E-state index in [9.17, 15) is 0 Å². The second-order valence-corrected chi connectivity index (χ2v) is 8.21. The molecule has 0 spiro atoms. The maximum Gasteiger partial charge on any atom is 0.0253 e. The van der Waals surface area contributed by atoms with Crippen LogP contribution in [0, 0.1) is 17.8 Å². The van der Waals surface area contributed by atoms with Gasteiger partial charge in [-0.2, -0.15) is 0 Å². The Balaban J connectivity index is 2.12. The van der Waals surface area contributed by atoms with Gasteiger partial charge < -0.3 is 5.32 Å². The number of rotatable bonds is 2. The maximum atomic E-state index is 3.74. The van der Waals surface area contributed by atoms with E-state index >= 15 is 0 Å². The first-order valence-corrected chi connectivity index (χ1v) is 8.31. The monoisotopic (exact) mass is 266 g/mol. The molecule has 4 unspecified atom stereocenters. The lowest BCUT2D eigenvalue weighted by Crippen LogP contribution is -2.66. The van der Waals surface area contributed by atoms with E-state index in [0.717, 1.165) is 30.3 Å². The van der Waals surface area contributed by atoms with Gasteiger partial charge in [0.2, 0.25) is 0 Å². The molecule has 0 amide bonds. The highest BCUT2D eigenvalue weighted by atomic mass is 15.3. The zero-order valence-corrected chi connectivity index (χ0v) is 13.9. The molecule has 1 aliphatic carbocycles. The van der Waals surface area contributed by atoms with Gasteiger partial charge in [-0.15, -0.1) is 0 Å². The normalized spacial score (nSPS) is 40.6. The van der Waals surface area contributed by atoms with Crippen LogP contribution < -0.4 is 5.32 Å². The summed E-state index contributed by atoms with van der Waals surface area (Å²) in [6, 6.07) is 1.53. The molecule has 0 radical (unpaired) electrons. The highest BCUT2D eigenvalue weighted by Gasteiger charge is 2.40. The predicted molar refractivity (Wildman–Crippen MR) is 83.4 cm³/mol. The molecule has 0 aromatic heterocycles. The van der Waals surface area contributed by atoms with Crippen LogP contribution in [0.4, 0.5) is 0 Å². The molecule has 1 N–H and O–H groups in total. The van der Waals surface area contributed by atoms with Crippen molar-refractivity contribution >= 4 is 0 Å². The Hall–Kier alpha value is -0.0800. The van der Waals surface area contributed by atoms with Gasteiger partial charge in [-0.3, -0.25) is 4.90 Å². The van der Waals surface area contributed by atoms with Crippen LogP contribution in [0.2, 0.25) is 0 Å². The van der Waals surface area contributed by atoms with Crippen molar-refractivity contribution in [3.05, 3.63) is 0 Å². The van der Waals surface area contributed by atoms with E-state index < -0.39 is 0 Å². The first kappa shape index (κ1) is 15.3. The summed E-state index contributed by atoms with van der Waals surface area (Å²) in [6.07, 6.45) is 4.24. The molecule has 19 heavy (non-hydrogen) atoms. The molecular formula is C17H34N2. The van der Waals surface area contributed by atoms with E-state index in [4.69, 9.17) is 0 Å². The summed E-state index contributed by atoms with van der Waals surface area (Å²) in [6.45, 7) is 16.7. The number of piperazine rings is 1. The molecule has 0 aromatic carbocycles. The van der Waals surface area contributed by atoms with Gasteiger partial charge in [0.05, 0.1) is 0 Å². The molecule has 2 aliphatic rings. The van der Waals surface area contributed by atoms with Crippen LogP contribution in [0.25, 0.3) is 0 Å². The molecule has 1 heterocycles. The van der Waals surface area contributed by atoms with Crippen molar-refractivity contribution in [2.24, 2.45) is 17.8 Å². The molecule has 0 bridgehead atoms. The van der Waals surface area contributed by atoms with Crippen molar-refractivity contribution in [3.63, 3.8) is 0 Å². The summed E-state index contributed by atoms with van der Waals surface area (Å²) in [5.41, 5.74) is 0.272. The summed E-state index contributed by atoms with van der Waals surface area (Å²) in [5.74, 6) is 2.54. The van der Waals surface area contributed by atoms with Gasteiger partial charge in [0.15, 0.2) is 0 Å². The fourth-order valence-corrected chi connectivity index (χ4v) is 4.25. The van der Waals surface area contributed by atoms with E-state index in [2.05, 4.69) is 51.8 Å². The van der Waals surface area contributed by atoms with Crippen molar-refractivity contribution in [2.45, 2.75) is 78.4 Å². The largest absolute Gasteiger partial charge is 0.309 e. The van der Waals surface area contributed by atoms with Crippen molar-refractivity contribution in [1.29, 1.82) is 0 Å². The molecule has 4 atom stereocenters. The number of hydrogen-bond acceptors (Lipinski definition) is 2. The molecular weight excluding hydrogens is 232 g/mol. The first-order chi connectivity index (χ1) is 8.80. The lowest BCUT2D eigenvalue weighted by Gasteiger charge is -2.52. The Bertz CT molecular complexity index is 298. The molecule has 112 valence electrons. The van der Waals surface area contributed by atoms with Crippen LogP contribution in [0.1, 0.15) is 60.8 Å². The summed E-state index contributed by atoms with van der Waals surface area (Å²) in [5, 5.41) is 3.74. The lowest BCUT2D eigenvalue weighted by molar-refractivity contribution is -0.00832. The quantitative estimate of drug-likeness (QED) is 0.822. The standard InChI is InChI=1S/C17H34N2/c1-12(2)16-10-18-17(5,6)11-19(16)15-8-7-13(3)9-14(15)4/h12-16,18H,7-11H2,1-6H3. The maximum absolute atomic E-state index is 3.74. The van der Waals surface area contributed by atoms with Crippen LogP contribution >= 0.6 is 0 Å². The van der Waals surface area contributed by atoms with Gasteiger partial charge in [0.1, 0.15) is 0 Å². The van der Waals surface area contributed by atoms with E-state index in [1.807, 2.05) is 0 Å². The Labute approximate surface area is 120 Å². The summed E-state index contributed by atoms with van der Waals surface area (Å²) >= 11 is 0. The topological polar surface area (TPSA) is 15.3 Å². The molecule has 2 fully saturated rings. The summed E-state index contributed by atoms with van der Waals surface area (Å²) in [7, 11) is 0. The molecule has 0 aromatic rings. The van der Waals surface area contributed by atoms with E-state index in [1.165, 1.54) is 25.8 Å². The van der Waals surface area contributed by atoms with Gasteiger partial charge in [0.25, 0.3) is 0 Å². The van der Waals surface area contributed by atoms with Crippen molar-refractivity contribution in [1.82, 2.24) is 10.2 Å². The van der Waals surface area contributed by atoms with Gasteiger partial charge >= 0.3 is 0 Å². The van der Waals surface area contributed by atoms with Gasteiger partial charge in [-0.25, -0.2) is 0 Å². The van der Waals surface area contributed by atoms with Crippen LogP contribution in [-0.2, 0) is 0 Å². The molecule has 2 nitrogen and oxygen atoms in total. The minimum Gasteiger partial charge on any atom is -0.309 e. The average Bonchev–Trinajstić information content (AvgIpc) is 2.27. The lowest BCUT2D eigenvalue weighted by atomic mass is 9.77. The summed E-state index contributed by atoms with van der Waals surface area (Å²) < 4.78 is 0. The number of nitrogens with one attached hydrogen (secondary N) is 1. The Morgan fingerprint density at radius 3 is 2.42 bits per heavy atom.